The minimum absolute atomic E-state index is 0.284. The van der Waals surface area contributed by atoms with Crippen molar-refractivity contribution in [3.05, 3.63) is 0 Å². The Hall–Kier alpha value is -0.320. The molecule has 0 aliphatic carbocycles. The maximum atomic E-state index is 10.2. The number of halogens is 1. The number of hydrogen-bond donors (Lipinski definition) is 0. The number of methoxy groups -OCH3 is 2. The first-order valence-corrected chi connectivity index (χ1v) is 3.42. The lowest BCUT2D eigenvalue weighted by Crippen LogP contribution is -2.25. The van der Waals surface area contributed by atoms with Crippen LogP contribution in [0.15, 0.2) is 0 Å². The highest BCUT2D eigenvalue weighted by Crippen LogP contribution is 1.97. The van der Waals surface area contributed by atoms with E-state index >= 15 is 0 Å². The van der Waals surface area contributed by atoms with Crippen molar-refractivity contribution in [1.82, 2.24) is 0 Å². The van der Waals surface area contributed by atoms with Gasteiger partial charge in [0.25, 0.3) is 0 Å². The van der Waals surface area contributed by atoms with Crippen LogP contribution in [0.4, 0.5) is 4.79 Å². The second kappa shape index (κ2) is 6.39. The lowest BCUT2D eigenvalue weighted by molar-refractivity contribution is 0.00445. The summed E-state index contributed by atoms with van der Waals surface area (Å²) in [7, 11) is 3.01. The second-order valence-corrected chi connectivity index (χ2v) is 2.20. The first-order valence-electron chi connectivity index (χ1n) is 3.04. The molecule has 0 N–H and O–H groups in total. The Balaban J connectivity index is 3.59. The van der Waals surface area contributed by atoms with Crippen molar-refractivity contribution < 1.29 is 19.0 Å². The van der Waals surface area contributed by atoms with E-state index in [0.29, 0.717) is 0 Å². The SMILES string of the molecule is COCC(COC)OC(=O)Cl. The fraction of sp³-hybridized carbons (Fsp3) is 0.833. The summed E-state index contributed by atoms with van der Waals surface area (Å²) in [6, 6.07) is 0. The normalized spacial score (nSPS) is 10.2. The van der Waals surface area contributed by atoms with Gasteiger partial charge in [-0.1, -0.05) is 0 Å². The topological polar surface area (TPSA) is 44.8 Å². The largest absolute Gasteiger partial charge is 0.445 e. The van der Waals surface area contributed by atoms with E-state index in [-0.39, 0.29) is 13.2 Å². The molecule has 11 heavy (non-hydrogen) atoms. The summed E-state index contributed by atoms with van der Waals surface area (Å²) in [5.74, 6) is 0. The summed E-state index contributed by atoms with van der Waals surface area (Å²) < 4.78 is 14.1. The van der Waals surface area contributed by atoms with Gasteiger partial charge >= 0.3 is 5.43 Å². The highest BCUT2D eigenvalue weighted by atomic mass is 35.5. The Kier molecular flexibility index (Phi) is 6.21. The monoisotopic (exact) mass is 182 g/mol. The highest BCUT2D eigenvalue weighted by Gasteiger charge is 2.11. The predicted octanol–water partition coefficient (Wildman–Crippen LogP) is 1.02. The molecular formula is C6H11ClO4. The molecule has 0 aromatic heterocycles. The summed E-state index contributed by atoms with van der Waals surface area (Å²) in [4.78, 5) is 10.2. The van der Waals surface area contributed by atoms with Crippen LogP contribution in [0.1, 0.15) is 0 Å². The Morgan fingerprint density at radius 2 is 1.82 bits per heavy atom. The molecule has 0 amide bonds. The van der Waals surface area contributed by atoms with Crippen molar-refractivity contribution in [2.45, 2.75) is 6.10 Å². The molecule has 0 spiro atoms. The zero-order valence-corrected chi connectivity index (χ0v) is 7.26. The zero-order valence-electron chi connectivity index (χ0n) is 6.50. The molecule has 0 unspecified atom stereocenters. The van der Waals surface area contributed by atoms with E-state index in [4.69, 9.17) is 21.1 Å². The third-order valence-corrected chi connectivity index (χ3v) is 1.05. The minimum Gasteiger partial charge on any atom is -0.445 e. The maximum absolute atomic E-state index is 10.2. The molecule has 0 aromatic carbocycles. The van der Waals surface area contributed by atoms with E-state index in [1.807, 2.05) is 0 Å². The van der Waals surface area contributed by atoms with Crippen LogP contribution in [0, 0.1) is 0 Å². The van der Waals surface area contributed by atoms with Gasteiger partial charge in [0.05, 0.1) is 13.2 Å². The highest BCUT2D eigenvalue weighted by molar-refractivity contribution is 6.61. The van der Waals surface area contributed by atoms with Gasteiger partial charge < -0.3 is 14.2 Å². The van der Waals surface area contributed by atoms with Crippen molar-refractivity contribution in [3.63, 3.8) is 0 Å². The summed E-state index contributed by atoms with van der Waals surface area (Å²) in [5, 5.41) is 0. The van der Waals surface area contributed by atoms with Crippen molar-refractivity contribution in [3.8, 4) is 0 Å². The summed E-state index contributed by atoms with van der Waals surface area (Å²) >= 11 is 4.97. The fourth-order valence-corrected chi connectivity index (χ4v) is 0.745. The van der Waals surface area contributed by atoms with E-state index in [0.717, 1.165) is 0 Å². The van der Waals surface area contributed by atoms with Gasteiger partial charge in [-0.15, -0.1) is 0 Å². The van der Waals surface area contributed by atoms with Crippen LogP contribution in [0.3, 0.4) is 0 Å². The Morgan fingerprint density at radius 3 is 2.09 bits per heavy atom. The van der Waals surface area contributed by atoms with Gasteiger partial charge in [0, 0.05) is 25.8 Å². The molecule has 0 rings (SSSR count). The van der Waals surface area contributed by atoms with E-state index in [1.54, 1.807) is 0 Å². The molecule has 0 aromatic rings. The molecule has 0 atom stereocenters. The molecule has 5 heteroatoms. The number of hydrogen-bond acceptors (Lipinski definition) is 4. The number of carbonyl (C=O) groups is 1. The Bertz CT molecular complexity index is 111. The lowest BCUT2D eigenvalue weighted by Gasteiger charge is -2.13. The van der Waals surface area contributed by atoms with E-state index in [1.165, 1.54) is 14.2 Å². The predicted molar refractivity (Wildman–Crippen MR) is 39.9 cm³/mol. The number of carbonyl (C=O) groups excluding carboxylic acids is 1. The van der Waals surface area contributed by atoms with E-state index < -0.39 is 11.5 Å². The molecular weight excluding hydrogens is 172 g/mol. The maximum Gasteiger partial charge on any atom is 0.404 e. The fourth-order valence-electron chi connectivity index (χ4n) is 0.619. The average molecular weight is 183 g/mol. The van der Waals surface area contributed by atoms with Crippen LogP contribution in [0.5, 0.6) is 0 Å². The molecule has 0 saturated carbocycles. The number of rotatable bonds is 5. The molecule has 0 fully saturated rings. The molecule has 0 aliphatic heterocycles. The lowest BCUT2D eigenvalue weighted by atomic mass is 10.4. The van der Waals surface area contributed by atoms with Crippen LogP contribution in [-0.4, -0.2) is 39.0 Å². The van der Waals surface area contributed by atoms with Crippen LogP contribution < -0.4 is 0 Å². The molecule has 0 heterocycles. The van der Waals surface area contributed by atoms with Gasteiger partial charge in [0.15, 0.2) is 0 Å². The summed E-state index contributed by atoms with van der Waals surface area (Å²) in [5.41, 5.74) is -0.843. The summed E-state index contributed by atoms with van der Waals surface area (Å²) in [6.07, 6.45) is -0.421. The standard InChI is InChI=1S/C6H11ClO4/c1-9-3-5(4-10-2)11-6(7)8/h5H,3-4H2,1-2H3. The van der Waals surface area contributed by atoms with Crippen molar-refractivity contribution in [2.75, 3.05) is 27.4 Å². The molecule has 0 aliphatic rings. The van der Waals surface area contributed by atoms with Crippen LogP contribution in [0.25, 0.3) is 0 Å². The quantitative estimate of drug-likeness (QED) is 0.596. The third kappa shape index (κ3) is 6.09. The van der Waals surface area contributed by atoms with Crippen molar-refractivity contribution >= 4 is 17.0 Å². The van der Waals surface area contributed by atoms with Crippen LogP contribution in [0.2, 0.25) is 0 Å². The van der Waals surface area contributed by atoms with Crippen LogP contribution >= 0.6 is 11.6 Å². The van der Waals surface area contributed by atoms with Gasteiger partial charge in [-0.05, 0) is 0 Å². The molecule has 0 radical (unpaired) electrons. The van der Waals surface area contributed by atoms with Gasteiger partial charge in [-0.25, -0.2) is 4.79 Å². The van der Waals surface area contributed by atoms with Gasteiger partial charge in [0.1, 0.15) is 6.10 Å². The first-order chi connectivity index (χ1) is 5.20. The smallest absolute Gasteiger partial charge is 0.404 e. The van der Waals surface area contributed by atoms with Crippen molar-refractivity contribution in [2.24, 2.45) is 0 Å². The minimum atomic E-state index is -0.843. The van der Waals surface area contributed by atoms with E-state index in [2.05, 4.69) is 4.74 Å². The number of ether oxygens (including phenoxy) is 3. The second-order valence-electron chi connectivity index (χ2n) is 1.89. The first kappa shape index (κ1) is 10.7. The molecule has 0 bridgehead atoms. The average Bonchev–Trinajstić information content (AvgIpc) is 1.87. The third-order valence-electron chi connectivity index (χ3n) is 0.964. The zero-order chi connectivity index (χ0) is 8.69. The van der Waals surface area contributed by atoms with Crippen LogP contribution in [-0.2, 0) is 14.2 Å². The Morgan fingerprint density at radius 1 is 1.36 bits per heavy atom. The van der Waals surface area contributed by atoms with Gasteiger partial charge in [-0.2, -0.15) is 0 Å². The van der Waals surface area contributed by atoms with Gasteiger partial charge in [0.2, 0.25) is 0 Å². The molecule has 0 saturated heterocycles. The molecule has 66 valence electrons. The summed E-state index contributed by atoms with van der Waals surface area (Å²) in [6.45, 7) is 0.568. The van der Waals surface area contributed by atoms with Crippen molar-refractivity contribution in [1.29, 1.82) is 0 Å². The molecule has 4 nitrogen and oxygen atoms in total. The van der Waals surface area contributed by atoms with E-state index in [9.17, 15) is 4.79 Å². The Labute approximate surface area is 70.4 Å². The van der Waals surface area contributed by atoms with Gasteiger partial charge in [-0.3, -0.25) is 0 Å².